The molecule has 0 radical (unpaired) electrons. The summed E-state index contributed by atoms with van der Waals surface area (Å²) >= 11 is 0. The Morgan fingerprint density at radius 2 is 1.85 bits per heavy atom. The van der Waals surface area contributed by atoms with Crippen molar-refractivity contribution < 1.29 is 19.1 Å². The molecule has 1 aliphatic carbocycles. The third-order valence-electron chi connectivity index (χ3n) is 6.44. The number of carbonyl (C=O) groups is 2. The smallest absolute Gasteiger partial charge is 0.319 e. The largest absolute Gasteiger partial charge is 0.379 e. The molecule has 0 aromatic carbocycles. The Bertz CT molecular complexity index is 709. The number of aromatic nitrogens is 1. The summed E-state index contributed by atoms with van der Waals surface area (Å²) in [7, 11) is 0. The second-order valence-corrected chi connectivity index (χ2v) is 9.12. The molecule has 34 heavy (non-hydrogen) atoms. The number of nitrogens with one attached hydrogen (secondary N) is 3. The lowest BCUT2D eigenvalue weighted by Gasteiger charge is -2.28. The first-order valence-corrected chi connectivity index (χ1v) is 12.9. The standard InChI is InChI=1S/C25H41N5O4/c31-24(28-21-7-3-1-4-8-21)23(34-20-17-30-15-18-33-19-16-30)9-5-2-6-12-27-25(32)29-22-10-13-26-14-11-22/h10-11,13-14,21,23H,1-9,12,15-20H2,(H,28,31)(H2,26,27,29,32). The summed E-state index contributed by atoms with van der Waals surface area (Å²) in [5.41, 5.74) is 0.716. The zero-order valence-corrected chi connectivity index (χ0v) is 20.3. The third-order valence-corrected chi connectivity index (χ3v) is 6.44. The zero-order chi connectivity index (χ0) is 23.8. The summed E-state index contributed by atoms with van der Waals surface area (Å²) in [6, 6.07) is 3.56. The number of rotatable bonds is 13. The van der Waals surface area contributed by atoms with Crippen LogP contribution in [0.4, 0.5) is 10.5 Å². The number of amides is 3. The topological polar surface area (TPSA) is 105 Å². The molecule has 2 fully saturated rings. The first-order valence-electron chi connectivity index (χ1n) is 12.9. The SMILES string of the molecule is O=C(NCCCCCC(OCCN1CCOCC1)C(=O)NC1CCCCC1)Nc1ccncc1. The zero-order valence-electron chi connectivity index (χ0n) is 20.3. The number of urea groups is 1. The fourth-order valence-electron chi connectivity index (χ4n) is 4.42. The van der Waals surface area contributed by atoms with Crippen LogP contribution in [-0.4, -0.2) is 80.0 Å². The summed E-state index contributed by atoms with van der Waals surface area (Å²) < 4.78 is 11.5. The molecular formula is C25H41N5O4. The molecule has 2 heterocycles. The van der Waals surface area contributed by atoms with E-state index in [2.05, 4.69) is 25.8 Å². The second kappa shape index (κ2) is 15.6. The molecule has 1 aromatic rings. The van der Waals surface area contributed by atoms with E-state index in [1.54, 1.807) is 24.5 Å². The van der Waals surface area contributed by atoms with Gasteiger partial charge in [-0.3, -0.25) is 14.7 Å². The Morgan fingerprint density at radius 3 is 2.62 bits per heavy atom. The molecule has 0 bridgehead atoms. The van der Waals surface area contributed by atoms with E-state index in [-0.39, 0.29) is 18.0 Å². The van der Waals surface area contributed by atoms with Crippen molar-refractivity contribution in [2.75, 3.05) is 51.3 Å². The first-order chi connectivity index (χ1) is 16.7. The van der Waals surface area contributed by atoms with E-state index in [1.165, 1.54) is 19.3 Å². The molecule has 1 saturated carbocycles. The quantitative estimate of drug-likeness (QED) is 0.379. The minimum atomic E-state index is -0.411. The maximum atomic E-state index is 12.9. The first kappa shape index (κ1) is 26.4. The fraction of sp³-hybridized carbons (Fsp3) is 0.720. The van der Waals surface area contributed by atoms with Crippen LogP contribution >= 0.6 is 0 Å². The molecule has 3 rings (SSSR count). The number of hydrogen-bond donors (Lipinski definition) is 3. The van der Waals surface area contributed by atoms with Crippen molar-refractivity contribution in [1.82, 2.24) is 20.5 Å². The van der Waals surface area contributed by atoms with Gasteiger partial charge in [0.25, 0.3) is 0 Å². The normalized spacial score (nSPS) is 18.2. The van der Waals surface area contributed by atoms with E-state index in [1.807, 2.05) is 0 Å². The van der Waals surface area contributed by atoms with Crippen LogP contribution < -0.4 is 16.0 Å². The Hall–Kier alpha value is -2.23. The fourth-order valence-corrected chi connectivity index (χ4v) is 4.42. The van der Waals surface area contributed by atoms with Crippen molar-refractivity contribution in [1.29, 1.82) is 0 Å². The van der Waals surface area contributed by atoms with Crippen molar-refractivity contribution in [3.8, 4) is 0 Å². The van der Waals surface area contributed by atoms with Crippen LogP contribution in [-0.2, 0) is 14.3 Å². The molecule has 0 spiro atoms. The van der Waals surface area contributed by atoms with Gasteiger partial charge in [-0.25, -0.2) is 4.79 Å². The van der Waals surface area contributed by atoms with Gasteiger partial charge in [0.15, 0.2) is 0 Å². The number of morpholine rings is 1. The summed E-state index contributed by atoms with van der Waals surface area (Å²) in [6.07, 6.45) is 12.0. The maximum absolute atomic E-state index is 12.9. The van der Waals surface area contributed by atoms with Gasteiger partial charge >= 0.3 is 6.03 Å². The number of pyridine rings is 1. The highest BCUT2D eigenvalue weighted by atomic mass is 16.5. The summed E-state index contributed by atoms with van der Waals surface area (Å²) in [4.78, 5) is 31.1. The molecule has 190 valence electrons. The Morgan fingerprint density at radius 1 is 1.09 bits per heavy atom. The van der Waals surface area contributed by atoms with Crippen LogP contribution in [0.15, 0.2) is 24.5 Å². The number of ether oxygens (including phenoxy) is 2. The highest BCUT2D eigenvalue weighted by Crippen LogP contribution is 2.18. The average molecular weight is 476 g/mol. The van der Waals surface area contributed by atoms with Crippen molar-refractivity contribution in [3.05, 3.63) is 24.5 Å². The van der Waals surface area contributed by atoms with Gasteiger partial charge in [0.1, 0.15) is 6.10 Å². The van der Waals surface area contributed by atoms with Crippen LogP contribution in [0.5, 0.6) is 0 Å². The Balaban J connectivity index is 1.33. The molecule has 1 atom stereocenters. The van der Waals surface area contributed by atoms with Crippen LogP contribution in [0.3, 0.4) is 0 Å². The van der Waals surface area contributed by atoms with E-state index in [4.69, 9.17) is 9.47 Å². The molecule has 2 aliphatic rings. The lowest BCUT2D eigenvalue weighted by Crippen LogP contribution is -2.44. The van der Waals surface area contributed by atoms with Crippen LogP contribution in [0.25, 0.3) is 0 Å². The predicted molar refractivity (Wildman–Crippen MR) is 132 cm³/mol. The van der Waals surface area contributed by atoms with Crippen LogP contribution in [0.2, 0.25) is 0 Å². The van der Waals surface area contributed by atoms with Gasteiger partial charge in [-0.15, -0.1) is 0 Å². The summed E-state index contributed by atoms with van der Waals surface area (Å²) in [6.45, 7) is 5.34. The van der Waals surface area contributed by atoms with Crippen molar-refractivity contribution in [2.45, 2.75) is 69.9 Å². The van der Waals surface area contributed by atoms with Gasteiger partial charge in [-0.2, -0.15) is 0 Å². The number of anilines is 1. The lowest BCUT2D eigenvalue weighted by atomic mass is 9.95. The van der Waals surface area contributed by atoms with Crippen molar-refractivity contribution in [2.24, 2.45) is 0 Å². The van der Waals surface area contributed by atoms with E-state index in [9.17, 15) is 9.59 Å². The molecule has 9 heteroatoms. The predicted octanol–water partition coefficient (Wildman–Crippen LogP) is 2.93. The minimum Gasteiger partial charge on any atom is -0.379 e. The molecule has 1 saturated heterocycles. The number of hydrogen-bond acceptors (Lipinski definition) is 6. The van der Waals surface area contributed by atoms with Crippen molar-refractivity contribution in [3.63, 3.8) is 0 Å². The van der Waals surface area contributed by atoms with E-state index >= 15 is 0 Å². The number of carbonyl (C=O) groups excluding carboxylic acids is 2. The summed E-state index contributed by atoms with van der Waals surface area (Å²) in [5.74, 6) is 0.0312. The molecule has 9 nitrogen and oxygen atoms in total. The lowest BCUT2D eigenvalue weighted by molar-refractivity contribution is -0.134. The highest BCUT2D eigenvalue weighted by molar-refractivity contribution is 5.89. The summed E-state index contributed by atoms with van der Waals surface area (Å²) in [5, 5.41) is 8.88. The van der Waals surface area contributed by atoms with E-state index in [0.717, 1.165) is 65.0 Å². The average Bonchev–Trinajstić information content (AvgIpc) is 2.87. The maximum Gasteiger partial charge on any atom is 0.319 e. The molecule has 3 N–H and O–H groups in total. The number of nitrogens with zero attached hydrogens (tertiary/aromatic N) is 2. The van der Waals surface area contributed by atoms with Gasteiger partial charge in [-0.05, 0) is 37.8 Å². The van der Waals surface area contributed by atoms with Gasteiger partial charge in [0.05, 0.1) is 19.8 Å². The highest BCUT2D eigenvalue weighted by Gasteiger charge is 2.23. The number of unbranched alkanes of at least 4 members (excludes halogenated alkanes) is 2. The molecule has 1 unspecified atom stereocenters. The second-order valence-electron chi connectivity index (χ2n) is 9.12. The van der Waals surface area contributed by atoms with E-state index < -0.39 is 6.10 Å². The Labute approximate surface area is 203 Å². The van der Waals surface area contributed by atoms with Gasteiger partial charge in [-0.1, -0.05) is 32.1 Å². The Kier molecular flexibility index (Phi) is 12.1. The third kappa shape index (κ3) is 10.4. The van der Waals surface area contributed by atoms with E-state index in [0.29, 0.717) is 25.3 Å². The van der Waals surface area contributed by atoms with Crippen LogP contribution in [0.1, 0.15) is 57.8 Å². The van der Waals surface area contributed by atoms with Gasteiger partial charge in [0.2, 0.25) is 5.91 Å². The monoisotopic (exact) mass is 475 g/mol. The van der Waals surface area contributed by atoms with Crippen molar-refractivity contribution >= 4 is 17.6 Å². The molecule has 1 aromatic heterocycles. The van der Waals surface area contributed by atoms with Gasteiger partial charge in [0, 0.05) is 50.3 Å². The minimum absolute atomic E-state index is 0.0312. The molecule has 1 aliphatic heterocycles. The van der Waals surface area contributed by atoms with Crippen LogP contribution in [0, 0.1) is 0 Å². The molecular weight excluding hydrogens is 434 g/mol. The van der Waals surface area contributed by atoms with Gasteiger partial charge < -0.3 is 25.4 Å². The molecule has 3 amide bonds.